The number of hydrogen-bond acceptors (Lipinski definition) is 2. The van der Waals surface area contributed by atoms with E-state index in [-0.39, 0.29) is 11.8 Å². The molecule has 0 saturated carbocycles. The minimum Gasteiger partial charge on any atom is -0.351 e. The summed E-state index contributed by atoms with van der Waals surface area (Å²) in [6.45, 7) is 11.2. The third kappa shape index (κ3) is 2.77. The highest BCUT2D eigenvalue weighted by molar-refractivity contribution is 5.24. The molecule has 1 fully saturated rings. The van der Waals surface area contributed by atoms with Gasteiger partial charge in [0.2, 0.25) is 0 Å². The molecule has 1 N–H and O–H groups in total. The lowest BCUT2D eigenvalue weighted by molar-refractivity contribution is -0.0601. The van der Waals surface area contributed by atoms with Crippen molar-refractivity contribution in [2.24, 2.45) is 5.92 Å². The van der Waals surface area contributed by atoms with Gasteiger partial charge in [-0.1, -0.05) is 63.9 Å². The second-order valence-electron chi connectivity index (χ2n) is 6.21. The molecule has 1 aromatic carbocycles. The molecule has 2 nitrogen and oxygen atoms in total. The van der Waals surface area contributed by atoms with Crippen LogP contribution in [0.15, 0.2) is 24.3 Å². The van der Waals surface area contributed by atoms with Crippen molar-refractivity contribution < 1.29 is 4.74 Å². The Morgan fingerprint density at radius 2 is 1.75 bits per heavy atom. The zero-order valence-corrected chi connectivity index (χ0v) is 13.6. The van der Waals surface area contributed by atoms with E-state index in [1.165, 1.54) is 17.5 Å². The zero-order valence-electron chi connectivity index (χ0n) is 13.6. The number of nitrogens with one attached hydrogen (secondary N) is 1. The molecule has 1 aliphatic heterocycles. The molecule has 1 aliphatic rings. The molecule has 112 valence electrons. The summed E-state index contributed by atoms with van der Waals surface area (Å²) in [4.78, 5) is 0. The van der Waals surface area contributed by atoms with Gasteiger partial charge in [0.15, 0.2) is 0 Å². The smallest absolute Gasteiger partial charge is 0.135 e. The normalized spacial score (nSPS) is 26.6. The van der Waals surface area contributed by atoms with Crippen LogP contribution in [0.1, 0.15) is 64.3 Å². The van der Waals surface area contributed by atoms with Crippen LogP contribution in [0.2, 0.25) is 0 Å². The first-order chi connectivity index (χ1) is 9.56. The van der Waals surface area contributed by atoms with Crippen LogP contribution in [-0.4, -0.2) is 11.6 Å². The first-order valence-electron chi connectivity index (χ1n) is 8.06. The minimum absolute atomic E-state index is 0.0228. The van der Waals surface area contributed by atoms with Crippen LogP contribution in [0.25, 0.3) is 0 Å². The third-order valence-electron chi connectivity index (χ3n) is 5.04. The summed E-state index contributed by atoms with van der Waals surface area (Å²) in [6.07, 6.45) is 3.35. The third-order valence-corrected chi connectivity index (χ3v) is 5.04. The molecule has 0 aliphatic carbocycles. The summed E-state index contributed by atoms with van der Waals surface area (Å²) >= 11 is 0. The van der Waals surface area contributed by atoms with Crippen LogP contribution in [0.5, 0.6) is 0 Å². The molecule has 2 rings (SSSR count). The van der Waals surface area contributed by atoms with Crippen molar-refractivity contribution in [3.05, 3.63) is 35.4 Å². The van der Waals surface area contributed by atoms with Crippen LogP contribution in [0.4, 0.5) is 0 Å². The van der Waals surface area contributed by atoms with Gasteiger partial charge >= 0.3 is 0 Å². The lowest BCUT2D eigenvalue weighted by Crippen LogP contribution is -2.46. The van der Waals surface area contributed by atoms with Gasteiger partial charge in [-0.05, 0) is 31.2 Å². The van der Waals surface area contributed by atoms with Gasteiger partial charge in [0, 0.05) is 6.04 Å². The molecule has 20 heavy (non-hydrogen) atoms. The highest BCUT2D eigenvalue weighted by atomic mass is 16.5. The molecule has 0 bridgehead atoms. The summed E-state index contributed by atoms with van der Waals surface area (Å²) in [7, 11) is 0. The first-order valence-corrected chi connectivity index (χ1v) is 8.06. The van der Waals surface area contributed by atoms with Gasteiger partial charge in [-0.25, -0.2) is 0 Å². The topological polar surface area (TPSA) is 21.3 Å². The Bertz CT molecular complexity index is 422. The van der Waals surface area contributed by atoms with Gasteiger partial charge in [0.25, 0.3) is 0 Å². The van der Waals surface area contributed by atoms with Crippen molar-refractivity contribution in [2.75, 3.05) is 0 Å². The molecule has 3 atom stereocenters. The second kappa shape index (κ2) is 6.28. The van der Waals surface area contributed by atoms with Crippen LogP contribution < -0.4 is 5.32 Å². The Morgan fingerprint density at radius 3 is 2.25 bits per heavy atom. The Labute approximate surface area is 123 Å². The van der Waals surface area contributed by atoms with E-state index in [4.69, 9.17) is 4.74 Å². The number of rotatable bonds is 5. The predicted octanol–water partition coefficient (Wildman–Crippen LogP) is 4.59. The maximum atomic E-state index is 6.50. The molecule has 1 saturated heterocycles. The van der Waals surface area contributed by atoms with Crippen molar-refractivity contribution in [2.45, 2.75) is 71.8 Å². The van der Waals surface area contributed by atoms with E-state index < -0.39 is 0 Å². The molecule has 0 amide bonds. The quantitative estimate of drug-likeness (QED) is 0.849. The van der Waals surface area contributed by atoms with E-state index in [0.29, 0.717) is 12.0 Å². The van der Waals surface area contributed by atoms with Crippen molar-refractivity contribution in [1.82, 2.24) is 5.32 Å². The fourth-order valence-electron chi connectivity index (χ4n) is 3.34. The van der Waals surface area contributed by atoms with Crippen LogP contribution in [0.3, 0.4) is 0 Å². The van der Waals surface area contributed by atoms with Crippen molar-refractivity contribution >= 4 is 0 Å². The van der Waals surface area contributed by atoms with E-state index in [9.17, 15) is 0 Å². The summed E-state index contributed by atoms with van der Waals surface area (Å²) in [5.74, 6) is 0.630. The zero-order chi connectivity index (χ0) is 14.8. The SMILES string of the molecule is CCC(C)C1NC(c2ccc(C)cc2)OC1(CC)CC. The van der Waals surface area contributed by atoms with Crippen molar-refractivity contribution in [3.8, 4) is 0 Å². The minimum atomic E-state index is -0.0228. The largest absolute Gasteiger partial charge is 0.351 e. The van der Waals surface area contributed by atoms with Gasteiger partial charge in [-0.15, -0.1) is 0 Å². The molecule has 0 spiro atoms. The fraction of sp³-hybridized carbons (Fsp3) is 0.667. The number of hydrogen-bond donors (Lipinski definition) is 1. The molecular formula is C18H29NO. The maximum Gasteiger partial charge on any atom is 0.135 e. The Morgan fingerprint density at radius 1 is 1.15 bits per heavy atom. The Balaban J connectivity index is 2.25. The van der Waals surface area contributed by atoms with E-state index >= 15 is 0 Å². The van der Waals surface area contributed by atoms with E-state index in [1.54, 1.807) is 0 Å². The lowest BCUT2D eigenvalue weighted by Gasteiger charge is -2.35. The molecule has 1 heterocycles. The Hall–Kier alpha value is -0.860. The highest BCUT2D eigenvalue weighted by Gasteiger charge is 2.47. The average Bonchev–Trinajstić information content (AvgIpc) is 2.87. The predicted molar refractivity (Wildman–Crippen MR) is 84.7 cm³/mol. The van der Waals surface area contributed by atoms with Crippen LogP contribution >= 0.6 is 0 Å². The molecular weight excluding hydrogens is 246 g/mol. The van der Waals surface area contributed by atoms with E-state index in [0.717, 1.165) is 12.8 Å². The summed E-state index contributed by atoms with van der Waals surface area (Å²) < 4.78 is 6.50. The van der Waals surface area contributed by atoms with Gasteiger partial charge in [0.05, 0.1) is 5.60 Å². The number of aryl methyl sites for hydroxylation is 1. The van der Waals surface area contributed by atoms with E-state index in [1.807, 2.05) is 0 Å². The van der Waals surface area contributed by atoms with Crippen molar-refractivity contribution in [3.63, 3.8) is 0 Å². The standard InChI is InChI=1S/C18H29NO/c1-6-14(5)16-18(7-2,8-3)20-17(19-16)15-11-9-13(4)10-12-15/h9-12,14,16-17,19H,6-8H2,1-5H3. The summed E-state index contributed by atoms with van der Waals surface area (Å²) in [5.41, 5.74) is 2.51. The molecule has 1 aromatic rings. The van der Waals surface area contributed by atoms with Crippen molar-refractivity contribution in [1.29, 1.82) is 0 Å². The number of benzene rings is 1. The number of ether oxygens (including phenoxy) is 1. The van der Waals surface area contributed by atoms with Gasteiger partial charge in [0.1, 0.15) is 6.23 Å². The van der Waals surface area contributed by atoms with Crippen LogP contribution in [-0.2, 0) is 4.74 Å². The molecule has 2 heteroatoms. The van der Waals surface area contributed by atoms with Gasteiger partial charge in [-0.3, -0.25) is 5.32 Å². The monoisotopic (exact) mass is 275 g/mol. The van der Waals surface area contributed by atoms with Crippen LogP contribution in [0, 0.1) is 12.8 Å². The van der Waals surface area contributed by atoms with Gasteiger partial charge in [-0.2, -0.15) is 0 Å². The Kier molecular flexibility index (Phi) is 4.87. The molecule has 3 unspecified atom stereocenters. The summed E-state index contributed by atoms with van der Waals surface area (Å²) in [6, 6.07) is 9.13. The second-order valence-corrected chi connectivity index (χ2v) is 6.21. The first kappa shape index (κ1) is 15.5. The van der Waals surface area contributed by atoms with Gasteiger partial charge < -0.3 is 4.74 Å². The average molecular weight is 275 g/mol. The highest BCUT2D eigenvalue weighted by Crippen LogP contribution is 2.41. The fourth-order valence-corrected chi connectivity index (χ4v) is 3.34. The molecule has 0 aromatic heterocycles. The lowest BCUT2D eigenvalue weighted by atomic mass is 9.81. The van der Waals surface area contributed by atoms with E-state index in [2.05, 4.69) is 64.2 Å². The maximum absolute atomic E-state index is 6.50. The molecule has 0 radical (unpaired) electrons. The summed E-state index contributed by atoms with van der Waals surface area (Å²) in [5, 5.41) is 3.75.